The Labute approximate surface area is 161 Å². The minimum atomic E-state index is 0. The first-order valence-electron chi connectivity index (χ1n) is 8.15. The zero-order valence-corrected chi connectivity index (χ0v) is 15.9. The molecule has 1 aromatic carbocycles. The third-order valence-electron chi connectivity index (χ3n) is 3.68. The monoisotopic (exact) mass is 387 g/mol. The van der Waals surface area contributed by atoms with Gasteiger partial charge in [0.1, 0.15) is 12.7 Å². The van der Waals surface area contributed by atoms with Crippen LogP contribution in [-0.4, -0.2) is 27.2 Å². The van der Waals surface area contributed by atoms with Crippen molar-refractivity contribution in [3.05, 3.63) is 48.0 Å². The van der Waals surface area contributed by atoms with Gasteiger partial charge >= 0.3 is 0 Å². The van der Waals surface area contributed by atoms with Crippen molar-refractivity contribution in [3.63, 3.8) is 0 Å². The number of carbonyl (C=O) groups excluding carboxylic acids is 1. The topological polar surface area (TPSA) is 85.8 Å². The Bertz CT molecular complexity index is 575. The Morgan fingerprint density at radius 3 is 2.36 bits per heavy atom. The summed E-state index contributed by atoms with van der Waals surface area (Å²) in [5.41, 5.74) is 7.70. The number of unbranched alkanes of at least 4 members (excludes halogenated alkanes) is 3. The van der Waals surface area contributed by atoms with E-state index in [0.29, 0.717) is 19.5 Å². The first-order valence-corrected chi connectivity index (χ1v) is 8.15. The second-order valence-corrected chi connectivity index (χ2v) is 5.64. The van der Waals surface area contributed by atoms with Gasteiger partial charge in [0.25, 0.3) is 0 Å². The van der Waals surface area contributed by atoms with Gasteiger partial charge in [-0.3, -0.25) is 4.79 Å². The fraction of sp³-hybridized carbons (Fsp3) is 0.471. The average molecular weight is 388 g/mol. The third-order valence-corrected chi connectivity index (χ3v) is 3.68. The Morgan fingerprint density at radius 1 is 1.04 bits per heavy atom. The lowest BCUT2D eigenvalue weighted by molar-refractivity contribution is -0.121. The van der Waals surface area contributed by atoms with Gasteiger partial charge in [0.2, 0.25) is 5.91 Å². The van der Waals surface area contributed by atoms with Crippen molar-refractivity contribution in [2.24, 2.45) is 5.73 Å². The molecule has 1 heterocycles. The van der Waals surface area contributed by atoms with E-state index < -0.39 is 0 Å². The van der Waals surface area contributed by atoms with E-state index in [2.05, 4.69) is 27.5 Å². The molecular weight excluding hydrogens is 361 g/mol. The molecule has 3 N–H and O–H groups in total. The van der Waals surface area contributed by atoms with Crippen LogP contribution in [0.4, 0.5) is 0 Å². The van der Waals surface area contributed by atoms with E-state index in [0.717, 1.165) is 43.4 Å². The van der Waals surface area contributed by atoms with Crippen molar-refractivity contribution in [1.29, 1.82) is 0 Å². The summed E-state index contributed by atoms with van der Waals surface area (Å²) in [5, 5.41) is 7.05. The summed E-state index contributed by atoms with van der Waals surface area (Å²) in [4.78, 5) is 15.7. The summed E-state index contributed by atoms with van der Waals surface area (Å²) in [5.74, 6) is 0.115. The maximum Gasteiger partial charge on any atom is 0.220 e. The van der Waals surface area contributed by atoms with E-state index in [9.17, 15) is 4.79 Å². The Morgan fingerprint density at radius 2 is 1.72 bits per heavy atom. The first-order chi connectivity index (χ1) is 11.3. The molecule has 0 saturated carbocycles. The third kappa shape index (κ3) is 9.43. The second-order valence-electron chi connectivity index (χ2n) is 5.64. The molecule has 1 amide bonds. The van der Waals surface area contributed by atoms with Crippen molar-refractivity contribution >= 4 is 30.7 Å². The zero-order valence-electron chi connectivity index (χ0n) is 14.3. The van der Waals surface area contributed by atoms with E-state index in [1.54, 1.807) is 11.0 Å². The van der Waals surface area contributed by atoms with Crippen LogP contribution in [0.5, 0.6) is 0 Å². The smallest absolute Gasteiger partial charge is 0.220 e. The van der Waals surface area contributed by atoms with Crippen LogP contribution in [0.25, 0.3) is 0 Å². The SMILES string of the molecule is Cl.Cl.NCCCCCCC(=O)NCc1ccc(Cn2cncn2)cc1. The lowest BCUT2D eigenvalue weighted by Gasteiger charge is -2.07. The Kier molecular flexibility index (Phi) is 12.7. The number of hydrogen-bond donors (Lipinski definition) is 2. The van der Waals surface area contributed by atoms with Crippen molar-refractivity contribution in [2.45, 2.75) is 45.2 Å². The van der Waals surface area contributed by atoms with Gasteiger partial charge in [0.05, 0.1) is 6.54 Å². The summed E-state index contributed by atoms with van der Waals surface area (Å²) in [6, 6.07) is 8.17. The number of rotatable bonds is 10. The van der Waals surface area contributed by atoms with E-state index >= 15 is 0 Å². The number of nitrogens with two attached hydrogens (primary N) is 1. The average Bonchev–Trinajstić information content (AvgIpc) is 3.07. The van der Waals surface area contributed by atoms with Gasteiger partial charge in [0.15, 0.2) is 0 Å². The van der Waals surface area contributed by atoms with Crippen molar-refractivity contribution in [3.8, 4) is 0 Å². The predicted molar refractivity (Wildman–Crippen MR) is 104 cm³/mol. The highest BCUT2D eigenvalue weighted by atomic mass is 35.5. The number of halogens is 2. The zero-order chi connectivity index (χ0) is 16.3. The normalized spacial score (nSPS) is 9.80. The van der Waals surface area contributed by atoms with Gasteiger partial charge in [-0.1, -0.05) is 37.1 Å². The molecule has 25 heavy (non-hydrogen) atoms. The van der Waals surface area contributed by atoms with Crippen LogP contribution in [0.2, 0.25) is 0 Å². The molecule has 2 rings (SSSR count). The van der Waals surface area contributed by atoms with Crippen molar-refractivity contribution < 1.29 is 4.79 Å². The minimum Gasteiger partial charge on any atom is -0.352 e. The van der Waals surface area contributed by atoms with Gasteiger partial charge in [-0.25, -0.2) is 9.67 Å². The van der Waals surface area contributed by atoms with E-state index in [1.807, 2.05) is 12.1 Å². The molecule has 0 bridgehead atoms. The molecule has 0 spiro atoms. The number of hydrogen-bond acceptors (Lipinski definition) is 4. The molecule has 6 nitrogen and oxygen atoms in total. The highest BCUT2D eigenvalue weighted by Gasteiger charge is 2.02. The van der Waals surface area contributed by atoms with Crippen molar-refractivity contribution in [2.75, 3.05) is 6.54 Å². The van der Waals surface area contributed by atoms with Gasteiger partial charge in [0, 0.05) is 13.0 Å². The molecule has 8 heteroatoms. The molecule has 2 aromatic rings. The number of carbonyl (C=O) groups is 1. The number of nitrogens with zero attached hydrogens (tertiary/aromatic N) is 3. The highest BCUT2D eigenvalue weighted by Crippen LogP contribution is 2.06. The largest absolute Gasteiger partial charge is 0.352 e. The van der Waals surface area contributed by atoms with Crippen LogP contribution in [0.15, 0.2) is 36.9 Å². The lowest BCUT2D eigenvalue weighted by atomic mass is 10.1. The maximum absolute atomic E-state index is 11.8. The molecule has 1 aromatic heterocycles. The van der Waals surface area contributed by atoms with Crippen LogP contribution in [0.3, 0.4) is 0 Å². The van der Waals surface area contributed by atoms with Crippen LogP contribution >= 0.6 is 24.8 Å². The summed E-state index contributed by atoms with van der Waals surface area (Å²) in [6.07, 6.45) is 7.97. The Balaban J connectivity index is 0.00000288. The molecule has 0 saturated heterocycles. The molecule has 0 aliphatic heterocycles. The van der Waals surface area contributed by atoms with E-state index in [-0.39, 0.29) is 30.7 Å². The fourth-order valence-corrected chi connectivity index (χ4v) is 2.34. The molecular formula is C17H27Cl2N5O. The minimum absolute atomic E-state index is 0. The van der Waals surface area contributed by atoms with Crippen LogP contribution in [0, 0.1) is 0 Å². The van der Waals surface area contributed by atoms with Gasteiger partial charge in [-0.15, -0.1) is 24.8 Å². The molecule has 0 aliphatic carbocycles. The molecule has 0 aliphatic rings. The first kappa shape index (κ1) is 23.4. The number of benzene rings is 1. The van der Waals surface area contributed by atoms with Gasteiger partial charge in [-0.05, 0) is 30.5 Å². The fourth-order valence-electron chi connectivity index (χ4n) is 2.34. The van der Waals surface area contributed by atoms with Gasteiger partial charge in [-0.2, -0.15) is 5.10 Å². The summed E-state index contributed by atoms with van der Waals surface area (Å²) < 4.78 is 1.78. The molecule has 0 fully saturated rings. The second kappa shape index (κ2) is 13.6. The lowest BCUT2D eigenvalue weighted by Crippen LogP contribution is -2.22. The summed E-state index contributed by atoms with van der Waals surface area (Å²) in [6.45, 7) is 2.01. The number of nitrogens with one attached hydrogen (secondary N) is 1. The highest BCUT2D eigenvalue weighted by molar-refractivity contribution is 5.85. The summed E-state index contributed by atoms with van der Waals surface area (Å²) in [7, 11) is 0. The van der Waals surface area contributed by atoms with E-state index in [4.69, 9.17) is 5.73 Å². The standard InChI is InChI=1S/C17H25N5O.2ClH/c18-10-4-2-1-3-5-17(23)20-11-15-6-8-16(9-7-15)12-22-14-19-13-21-22;;/h6-9,13-14H,1-5,10-12,18H2,(H,20,23);2*1H. The molecule has 140 valence electrons. The number of amides is 1. The van der Waals surface area contributed by atoms with Crippen molar-refractivity contribution in [1.82, 2.24) is 20.1 Å². The van der Waals surface area contributed by atoms with Crippen LogP contribution < -0.4 is 11.1 Å². The molecule has 0 radical (unpaired) electrons. The number of aromatic nitrogens is 3. The van der Waals surface area contributed by atoms with Crippen LogP contribution in [-0.2, 0) is 17.9 Å². The van der Waals surface area contributed by atoms with E-state index in [1.165, 1.54) is 6.33 Å². The molecule has 0 unspecified atom stereocenters. The quantitative estimate of drug-likeness (QED) is 0.613. The molecule has 0 atom stereocenters. The summed E-state index contributed by atoms with van der Waals surface area (Å²) >= 11 is 0. The van der Waals surface area contributed by atoms with Gasteiger partial charge < -0.3 is 11.1 Å². The van der Waals surface area contributed by atoms with Crippen LogP contribution in [0.1, 0.15) is 43.2 Å². The predicted octanol–water partition coefficient (Wildman–Crippen LogP) is 2.70. The maximum atomic E-state index is 11.8. The Hall–Kier alpha value is -1.63.